The molecule has 2 rings (SSSR count). The van der Waals surface area contributed by atoms with E-state index in [0.29, 0.717) is 0 Å². The van der Waals surface area contributed by atoms with Gasteiger partial charge in [0.15, 0.2) is 0 Å². The fourth-order valence-electron chi connectivity index (χ4n) is 1.93. The number of rotatable bonds is 4. The van der Waals surface area contributed by atoms with Gasteiger partial charge in [0.25, 0.3) is 0 Å². The lowest BCUT2D eigenvalue weighted by atomic mass is 10.2. The molecule has 86 valence electrons. The summed E-state index contributed by atoms with van der Waals surface area (Å²) in [6.07, 6.45) is 1.76. The van der Waals surface area contributed by atoms with Crippen molar-refractivity contribution in [3.8, 4) is 6.07 Å². The number of likely N-dealkylation sites (N-methyl/N-ethyl adjacent to an activating group) is 1. The fraction of sp³-hybridized carbons (Fsp3) is 0.700. The van der Waals surface area contributed by atoms with Crippen molar-refractivity contribution in [2.45, 2.75) is 26.1 Å². The van der Waals surface area contributed by atoms with E-state index in [9.17, 15) is 0 Å². The maximum Gasteiger partial charge on any atom is 0.147 e. The van der Waals surface area contributed by atoms with Gasteiger partial charge in [0.05, 0.1) is 12.6 Å². The Hall–Kier alpha value is -1.45. The van der Waals surface area contributed by atoms with Crippen LogP contribution in [0.5, 0.6) is 0 Å². The zero-order chi connectivity index (χ0) is 11.4. The van der Waals surface area contributed by atoms with Crippen molar-refractivity contribution in [2.75, 3.05) is 19.6 Å². The van der Waals surface area contributed by atoms with Crippen molar-refractivity contribution in [1.29, 1.82) is 5.26 Å². The Balaban J connectivity index is 1.91. The van der Waals surface area contributed by atoms with Gasteiger partial charge in [-0.2, -0.15) is 5.26 Å². The van der Waals surface area contributed by atoms with E-state index in [1.807, 2.05) is 6.92 Å². The normalized spacial score (nSPS) is 17.8. The van der Waals surface area contributed by atoms with E-state index in [0.717, 1.165) is 38.5 Å². The monoisotopic (exact) mass is 220 g/mol. The van der Waals surface area contributed by atoms with Crippen molar-refractivity contribution >= 4 is 0 Å². The van der Waals surface area contributed by atoms with E-state index >= 15 is 0 Å². The van der Waals surface area contributed by atoms with Gasteiger partial charge in [-0.1, -0.05) is 6.92 Å². The van der Waals surface area contributed by atoms with Crippen LogP contribution in [0.15, 0.2) is 6.33 Å². The molecule has 1 unspecified atom stereocenters. The molecule has 0 bridgehead atoms. The molecule has 1 N–H and O–H groups in total. The summed E-state index contributed by atoms with van der Waals surface area (Å²) < 4.78 is 2.06. The highest BCUT2D eigenvalue weighted by Crippen LogP contribution is 2.08. The van der Waals surface area contributed by atoms with Crippen LogP contribution in [-0.4, -0.2) is 45.3 Å². The molecule has 1 aromatic heterocycles. The predicted octanol–water partition coefficient (Wildman–Crippen LogP) is -0.405. The molecule has 0 saturated heterocycles. The Kier molecular flexibility index (Phi) is 3.49. The van der Waals surface area contributed by atoms with Crippen LogP contribution in [0.4, 0.5) is 0 Å². The first kappa shape index (κ1) is 11.0. The van der Waals surface area contributed by atoms with Crippen LogP contribution in [0.1, 0.15) is 12.7 Å². The number of fused-ring (bicyclic) bond motifs is 1. The Morgan fingerprint density at radius 3 is 3.25 bits per heavy atom. The number of hydrogen-bond donors (Lipinski definition) is 1. The average Bonchev–Trinajstić information content (AvgIpc) is 2.75. The Bertz CT molecular complexity index is 379. The lowest BCUT2D eigenvalue weighted by molar-refractivity contribution is 0.206. The summed E-state index contributed by atoms with van der Waals surface area (Å²) in [5, 5.41) is 20.1. The number of nitrogens with one attached hydrogen (secondary N) is 1. The highest BCUT2D eigenvalue weighted by atomic mass is 15.3. The molecule has 1 aromatic rings. The average molecular weight is 220 g/mol. The van der Waals surface area contributed by atoms with E-state index in [2.05, 4.69) is 31.1 Å². The molecule has 16 heavy (non-hydrogen) atoms. The van der Waals surface area contributed by atoms with Crippen LogP contribution in [0.3, 0.4) is 0 Å². The van der Waals surface area contributed by atoms with E-state index in [1.54, 1.807) is 6.33 Å². The SMILES string of the molecule is CCNC(C#N)CN1CCn2cnnc2C1. The zero-order valence-electron chi connectivity index (χ0n) is 9.43. The third-order valence-electron chi connectivity index (χ3n) is 2.77. The van der Waals surface area contributed by atoms with Crippen molar-refractivity contribution in [2.24, 2.45) is 0 Å². The molecule has 1 aliphatic heterocycles. The van der Waals surface area contributed by atoms with E-state index in [4.69, 9.17) is 5.26 Å². The third kappa shape index (κ3) is 2.38. The largest absolute Gasteiger partial charge is 0.315 e. The molecular weight excluding hydrogens is 204 g/mol. The molecule has 6 heteroatoms. The minimum absolute atomic E-state index is 0.0977. The summed E-state index contributed by atoms with van der Waals surface area (Å²) in [4.78, 5) is 2.24. The molecule has 0 amide bonds. The van der Waals surface area contributed by atoms with Gasteiger partial charge >= 0.3 is 0 Å². The Morgan fingerprint density at radius 1 is 1.62 bits per heavy atom. The van der Waals surface area contributed by atoms with Gasteiger partial charge in [0.1, 0.15) is 18.2 Å². The van der Waals surface area contributed by atoms with Crippen LogP contribution >= 0.6 is 0 Å². The quantitative estimate of drug-likeness (QED) is 0.747. The van der Waals surface area contributed by atoms with Gasteiger partial charge in [-0.3, -0.25) is 4.90 Å². The van der Waals surface area contributed by atoms with Gasteiger partial charge in [-0.25, -0.2) is 0 Å². The summed E-state index contributed by atoms with van der Waals surface area (Å²) in [6.45, 7) is 6.22. The minimum Gasteiger partial charge on any atom is -0.315 e. The summed E-state index contributed by atoms with van der Waals surface area (Å²) in [6, 6.07) is 2.17. The fourth-order valence-corrected chi connectivity index (χ4v) is 1.93. The minimum atomic E-state index is -0.0977. The maximum atomic E-state index is 8.97. The molecule has 6 nitrogen and oxygen atoms in total. The van der Waals surface area contributed by atoms with E-state index in [1.165, 1.54) is 0 Å². The lowest BCUT2D eigenvalue weighted by Crippen LogP contribution is -2.43. The summed E-state index contributed by atoms with van der Waals surface area (Å²) >= 11 is 0. The number of nitriles is 1. The van der Waals surface area contributed by atoms with Gasteiger partial charge in [0, 0.05) is 19.6 Å². The molecule has 1 atom stereocenters. The van der Waals surface area contributed by atoms with E-state index in [-0.39, 0.29) is 6.04 Å². The molecule has 0 spiro atoms. The van der Waals surface area contributed by atoms with Crippen LogP contribution in [0, 0.1) is 11.3 Å². The molecule has 0 radical (unpaired) electrons. The smallest absolute Gasteiger partial charge is 0.147 e. The first-order chi connectivity index (χ1) is 7.83. The molecule has 0 fully saturated rings. The zero-order valence-corrected chi connectivity index (χ0v) is 9.43. The van der Waals surface area contributed by atoms with Crippen LogP contribution < -0.4 is 5.32 Å². The molecule has 0 aromatic carbocycles. The van der Waals surface area contributed by atoms with E-state index < -0.39 is 0 Å². The number of hydrogen-bond acceptors (Lipinski definition) is 5. The van der Waals surface area contributed by atoms with Gasteiger partial charge < -0.3 is 9.88 Å². The van der Waals surface area contributed by atoms with Crippen LogP contribution in [-0.2, 0) is 13.1 Å². The number of aromatic nitrogens is 3. The molecule has 1 aliphatic rings. The topological polar surface area (TPSA) is 69.8 Å². The van der Waals surface area contributed by atoms with Crippen molar-refractivity contribution in [3.63, 3.8) is 0 Å². The molecular formula is C10H16N6. The van der Waals surface area contributed by atoms with Gasteiger partial charge in [-0.15, -0.1) is 10.2 Å². The summed E-state index contributed by atoms with van der Waals surface area (Å²) in [7, 11) is 0. The third-order valence-corrected chi connectivity index (χ3v) is 2.77. The van der Waals surface area contributed by atoms with Crippen LogP contribution in [0.25, 0.3) is 0 Å². The summed E-state index contributed by atoms with van der Waals surface area (Å²) in [5.41, 5.74) is 0. The van der Waals surface area contributed by atoms with Crippen molar-refractivity contribution < 1.29 is 0 Å². The number of nitrogens with zero attached hydrogens (tertiary/aromatic N) is 5. The molecule has 0 aliphatic carbocycles. The standard InChI is InChI=1S/C10H16N6/c1-2-12-9(5-11)6-15-3-4-16-8-13-14-10(16)7-15/h8-9,12H,2-4,6-7H2,1H3. The predicted molar refractivity (Wildman–Crippen MR) is 58.4 cm³/mol. The first-order valence-electron chi connectivity index (χ1n) is 5.55. The lowest BCUT2D eigenvalue weighted by Gasteiger charge is -2.28. The second kappa shape index (κ2) is 5.05. The van der Waals surface area contributed by atoms with Gasteiger partial charge in [0.2, 0.25) is 0 Å². The maximum absolute atomic E-state index is 8.97. The molecule has 2 heterocycles. The first-order valence-corrected chi connectivity index (χ1v) is 5.55. The second-order valence-electron chi connectivity index (χ2n) is 3.92. The highest BCUT2D eigenvalue weighted by Gasteiger charge is 2.19. The highest BCUT2D eigenvalue weighted by molar-refractivity contribution is 4.95. The Labute approximate surface area is 94.9 Å². The Morgan fingerprint density at radius 2 is 2.50 bits per heavy atom. The van der Waals surface area contributed by atoms with Crippen LogP contribution in [0.2, 0.25) is 0 Å². The van der Waals surface area contributed by atoms with Crippen molar-refractivity contribution in [3.05, 3.63) is 12.2 Å². The van der Waals surface area contributed by atoms with Crippen molar-refractivity contribution in [1.82, 2.24) is 25.0 Å². The molecule has 0 saturated carbocycles. The van der Waals surface area contributed by atoms with Gasteiger partial charge in [-0.05, 0) is 6.54 Å². The summed E-state index contributed by atoms with van der Waals surface area (Å²) in [5.74, 6) is 0.986. The second-order valence-corrected chi connectivity index (χ2v) is 3.92.